The minimum absolute atomic E-state index is 0.325. The van der Waals surface area contributed by atoms with Crippen LogP contribution in [0.5, 0.6) is 11.5 Å². The zero-order chi connectivity index (χ0) is 28.9. The Kier molecular flexibility index (Phi) is 10.2. The SMILES string of the molecule is CCCC(c1cc(C2CCCCC2)c(O)c(C2CCCCC2)c1)c1cc(C2CCCCC2)c(O)c(C2CCCCC2)c1. The van der Waals surface area contributed by atoms with Crippen LogP contribution in [0.4, 0.5) is 0 Å². The van der Waals surface area contributed by atoms with E-state index in [0.717, 1.165) is 12.8 Å². The predicted molar refractivity (Wildman–Crippen MR) is 176 cm³/mol. The molecular weight excluding hydrogens is 512 g/mol. The molecule has 0 heterocycles. The van der Waals surface area contributed by atoms with E-state index in [1.807, 2.05) is 0 Å². The normalized spacial score (nSPS) is 22.1. The molecule has 6 rings (SSSR count). The molecule has 2 aromatic rings. The highest BCUT2D eigenvalue weighted by Gasteiger charge is 2.30. The zero-order valence-electron chi connectivity index (χ0n) is 26.6. The monoisotopic (exact) mass is 570 g/mol. The number of hydrogen-bond acceptors (Lipinski definition) is 2. The minimum atomic E-state index is 0.325. The summed E-state index contributed by atoms with van der Waals surface area (Å²) in [6, 6.07) is 9.80. The highest BCUT2D eigenvalue weighted by molar-refractivity contribution is 5.53. The van der Waals surface area contributed by atoms with Crippen LogP contribution in [0.3, 0.4) is 0 Å². The predicted octanol–water partition coefficient (Wildman–Crippen LogP) is 12.2. The number of phenolic OH excluding ortho intramolecular Hbond substituents is 2. The second-order valence-corrected chi connectivity index (χ2v) is 14.8. The van der Waals surface area contributed by atoms with Gasteiger partial charge in [-0.1, -0.05) is 115 Å². The van der Waals surface area contributed by atoms with Crippen molar-refractivity contribution in [1.29, 1.82) is 0 Å². The molecule has 42 heavy (non-hydrogen) atoms. The second kappa shape index (κ2) is 14.2. The minimum Gasteiger partial charge on any atom is -0.507 e. The molecule has 2 N–H and O–H groups in total. The van der Waals surface area contributed by atoms with E-state index >= 15 is 0 Å². The third-order valence-electron chi connectivity index (χ3n) is 11.9. The van der Waals surface area contributed by atoms with Gasteiger partial charge in [-0.05, 0) is 115 Å². The first-order valence-corrected chi connectivity index (χ1v) is 18.4. The maximum Gasteiger partial charge on any atom is 0.122 e. The van der Waals surface area contributed by atoms with Crippen LogP contribution < -0.4 is 0 Å². The average Bonchev–Trinajstić information content (AvgIpc) is 3.06. The Bertz CT molecular complexity index is 989. The van der Waals surface area contributed by atoms with Gasteiger partial charge in [0.15, 0.2) is 0 Å². The molecule has 0 aromatic heterocycles. The lowest BCUT2D eigenvalue weighted by Crippen LogP contribution is -2.13. The van der Waals surface area contributed by atoms with Crippen molar-refractivity contribution in [3.63, 3.8) is 0 Å². The molecule has 0 unspecified atom stereocenters. The molecule has 0 saturated heterocycles. The van der Waals surface area contributed by atoms with Gasteiger partial charge < -0.3 is 10.2 Å². The molecule has 0 bridgehead atoms. The van der Waals surface area contributed by atoms with Crippen molar-refractivity contribution in [2.75, 3.05) is 0 Å². The maximum absolute atomic E-state index is 11.8. The van der Waals surface area contributed by atoms with Crippen molar-refractivity contribution in [1.82, 2.24) is 0 Å². The largest absolute Gasteiger partial charge is 0.507 e. The van der Waals surface area contributed by atoms with Crippen molar-refractivity contribution in [2.24, 2.45) is 0 Å². The molecule has 4 aliphatic rings. The van der Waals surface area contributed by atoms with Crippen LogP contribution in [0.25, 0.3) is 0 Å². The van der Waals surface area contributed by atoms with Gasteiger partial charge in [0.1, 0.15) is 11.5 Å². The zero-order valence-corrected chi connectivity index (χ0v) is 26.6. The fraction of sp³-hybridized carbons (Fsp3) is 0.700. The average molecular weight is 571 g/mol. The van der Waals surface area contributed by atoms with E-state index in [2.05, 4.69) is 31.2 Å². The Balaban J connectivity index is 1.47. The number of rotatable bonds is 8. The van der Waals surface area contributed by atoms with Crippen molar-refractivity contribution < 1.29 is 10.2 Å². The van der Waals surface area contributed by atoms with Crippen molar-refractivity contribution in [2.45, 2.75) is 178 Å². The van der Waals surface area contributed by atoms with E-state index in [4.69, 9.17) is 0 Å². The molecule has 4 fully saturated rings. The summed E-state index contributed by atoms with van der Waals surface area (Å²) in [4.78, 5) is 0. The Labute approximate surface area is 256 Å². The first kappa shape index (κ1) is 30.1. The van der Waals surface area contributed by atoms with Gasteiger partial charge in [0.2, 0.25) is 0 Å². The van der Waals surface area contributed by atoms with Gasteiger partial charge in [0, 0.05) is 5.92 Å². The highest BCUT2D eigenvalue weighted by Crippen LogP contribution is 2.49. The molecule has 2 nitrogen and oxygen atoms in total. The summed E-state index contributed by atoms with van der Waals surface area (Å²) in [5, 5.41) is 23.7. The summed E-state index contributed by atoms with van der Waals surface area (Å²) in [7, 11) is 0. The number of aromatic hydroxyl groups is 2. The van der Waals surface area contributed by atoms with Crippen LogP contribution in [0, 0.1) is 0 Å². The van der Waals surface area contributed by atoms with E-state index < -0.39 is 0 Å². The quantitative estimate of drug-likeness (QED) is 0.331. The van der Waals surface area contributed by atoms with Crippen LogP contribution in [0.15, 0.2) is 24.3 Å². The van der Waals surface area contributed by atoms with Crippen LogP contribution in [0.2, 0.25) is 0 Å². The second-order valence-electron chi connectivity index (χ2n) is 14.8. The fourth-order valence-corrected chi connectivity index (χ4v) is 9.52. The van der Waals surface area contributed by atoms with Crippen LogP contribution in [0.1, 0.15) is 211 Å². The first-order chi connectivity index (χ1) is 20.6. The van der Waals surface area contributed by atoms with Gasteiger partial charge in [-0.2, -0.15) is 0 Å². The number of benzene rings is 2. The Morgan fingerprint density at radius 1 is 0.476 bits per heavy atom. The standard InChI is InChI=1S/C40H58O2/c1-2-15-34(32-24-35(28-16-7-3-8-17-28)39(41)36(25-32)29-18-9-4-10-19-29)33-26-37(30-20-11-5-12-21-30)40(42)38(27-33)31-22-13-6-14-23-31/h24-31,34,41-42H,2-23H2,1H3. The van der Waals surface area contributed by atoms with Gasteiger partial charge in [-0.25, -0.2) is 0 Å². The Morgan fingerprint density at radius 3 is 0.976 bits per heavy atom. The van der Waals surface area contributed by atoms with E-state index in [1.54, 1.807) is 0 Å². The van der Waals surface area contributed by atoms with E-state index in [9.17, 15) is 10.2 Å². The summed E-state index contributed by atoms with van der Waals surface area (Å²) in [6.07, 6.45) is 27.7. The molecule has 2 heteroatoms. The van der Waals surface area contributed by atoms with Crippen LogP contribution in [-0.2, 0) is 0 Å². The van der Waals surface area contributed by atoms with Crippen molar-refractivity contribution >= 4 is 0 Å². The summed E-state index contributed by atoms with van der Waals surface area (Å²) in [5.74, 6) is 3.61. The van der Waals surface area contributed by atoms with Gasteiger partial charge in [-0.3, -0.25) is 0 Å². The third kappa shape index (κ3) is 6.58. The van der Waals surface area contributed by atoms with E-state index in [0.29, 0.717) is 41.1 Å². The summed E-state index contributed by atoms with van der Waals surface area (Å²) in [6.45, 7) is 2.34. The van der Waals surface area contributed by atoms with Gasteiger partial charge >= 0.3 is 0 Å². The lowest BCUT2D eigenvalue weighted by Gasteiger charge is -2.31. The van der Waals surface area contributed by atoms with Crippen molar-refractivity contribution in [3.05, 3.63) is 57.6 Å². The Morgan fingerprint density at radius 2 is 0.738 bits per heavy atom. The molecule has 0 amide bonds. The fourth-order valence-electron chi connectivity index (χ4n) is 9.52. The number of phenols is 2. The summed E-state index contributed by atoms with van der Waals surface area (Å²) < 4.78 is 0. The molecule has 0 radical (unpaired) electrons. The topological polar surface area (TPSA) is 40.5 Å². The first-order valence-electron chi connectivity index (χ1n) is 18.4. The molecule has 4 saturated carbocycles. The molecular formula is C40H58O2. The molecule has 4 aliphatic carbocycles. The van der Waals surface area contributed by atoms with Gasteiger partial charge in [0.05, 0.1) is 0 Å². The van der Waals surface area contributed by atoms with E-state index in [1.165, 1.54) is 162 Å². The lowest BCUT2D eigenvalue weighted by atomic mass is 9.74. The smallest absolute Gasteiger partial charge is 0.122 e. The van der Waals surface area contributed by atoms with Gasteiger partial charge in [-0.15, -0.1) is 0 Å². The van der Waals surface area contributed by atoms with Crippen LogP contribution >= 0.6 is 0 Å². The van der Waals surface area contributed by atoms with Crippen LogP contribution in [-0.4, -0.2) is 10.2 Å². The van der Waals surface area contributed by atoms with E-state index in [-0.39, 0.29) is 0 Å². The lowest BCUT2D eigenvalue weighted by molar-refractivity contribution is 0.391. The third-order valence-corrected chi connectivity index (χ3v) is 11.9. The highest BCUT2D eigenvalue weighted by atomic mass is 16.3. The molecule has 2 aromatic carbocycles. The Hall–Kier alpha value is -1.96. The van der Waals surface area contributed by atoms with Gasteiger partial charge in [0.25, 0.3) is 0 Å². The molecule has 230 valence electrons. The molecule has 0 aliphatic heterocycles. The molecule has 0 atom stereocenters. The van der Waals surface area contributed by atoms with Crippen molar-refractivity contribution in [3.8, 4) is 11.5 Å². The maximum atomic E-state index is 11.8. The summed E-state index contributed by atoms with van der Waals surface area (Å²) in [5.41, 5.74) is 7.90. The molecule has 0 spiro atoms. The number of hydrogen-bond donors (Lipinski definition) is 2. The summed E-state index contributed by atoms with van der Waals surface area (Å²) >= 11 is 0.